The lowest BCUT2D eigenvalue weighted by Crippen LogP contribution is -2.19. The molecule has 6 heteroatoms. The summed E-state index contributed by atoms with van der Waals surface area (Å²) >= 11 is 6.02. The van der Waals surface area contributed by atoms with Crippen LogP contribution in [0.5, 0.6) is 0 Å². The van der Waals surface area contributed by atoms with Crippen molar-refractivity contribution in [3.05, 3.63) is 58.4 Å². The monoisotopic (exact) mass is 309 g/mol. The number of benzene rings is 1. The van der Waals surface area contributed by atoms with Crippen molar-refractivity contribution >= 4 is 11.6 Å². The average Bonchev–Trinajstić information content (AvgIpc) is 2.47. The minimum atomic E-state index is -0.347. The molecule has 0 unspecified atom stereocenters. The number of hydrogen-bond acceptors (Lipinski definition) is 4. The Hall–Kier alpha value is -1.56. The van der Waals surface area contributed by atoms with Gasteiger partial charge in [-0.25, -0.2) is 14.4 Å². The van der Waals surface area contributed by atoms with E-state index < -0.39 is 0 Å². The summed E-state index contributed by atoms with van der Waals surface area (Å²) in [5.74, 6) is 0.315. The lowest BCUT2D eigenvalue weighted by atomic mass is 10.1. The summed E-state index contributed by atoms with van der Waals surface area (Å²) in [5, 5.41) is 3.61. The lowest BCUT2D eigenvalue weighted by Gasteiger charge is -2.07. The summed E-state index contributed by atoms with van der Waals surface area (Å²) in [6, 6.07) is 6.20. The van der Waals surface area contributed by atoms with Crippen LogP contribution in [0.1, 0.15) is 17.1 Å². The Morgan fingerprint density at radius 1 is 1.33 bits per heavy atom. The summed E-state index contributed by atoms with van der Waals surface area (Å²) < 4.78 is 18.0. The number of aromatic nitrogens is 2. The maximum Gasteiger partial charge on any atom is 0.133 e. The predicted octanol–water partition coefficient (Wildman–Crippen LogP) is 2.60. The van der Waals surface area contributed by atoms with Gasteiger partial charge in [0, 0.05) is 37.8 Å². The van der Waals surface area contributed by atoms with Crippen LogP contribution >= 0.6 is 11.6 Å². The molecule has 0 bridgehead atoms. The van der Waals surface area contributed by atoms with Crippen molar-refractivity contribution in [2.75, 3.05) is 20.3 Å². The molecule has 0 aliphatic heterocycles. The van der Waals surface area contributed by atoms with E-state index in [4.69, 9.17) is 16.3 Å². The first-order valence-corrected chi connectivity index (χ1v) is 7.01. The summed E-state index contributed by atoms with van der Waals surface area (Å²) in [6.07, 6.45) is 2.19. The van der Waals surface area contributed by atoms with E-state index in [1.165, 1.54) is 12.1 Å². The molecule has 0 saturated carbocycles. The van der Waals surface area contributed by atoms with Gasteiger partial charge in [0.15, 0.2) is 0 Å². The fourth-order valence-corrected chi connectivity index (χ4v) is 2.08. The number of nitrogens with zero attached hydrogens (tertiary/aromatic N) is 2. The highest BCUT2D eigenvalue weighted by Crippen LogP contribution is 2.19. The molecular formula is C15H17ClFN3O. The molecule has 112 valence electrons. The summed E-state index contributed by atoms with van der Waals surface area (Å²) in [6.45, 7) is 2.07. The minimum absolute atomic E-state index is 0.347. The molecule has 0 saturated heterocycles. The Morgan fingerprint density at radius 3 is 2.95 bits per heavy atom. The van der Waals surface area contributed by atoms with Crippen molar-refractivity contribution in [1.82, 2.24) is 15.3 Å². The molecular weight excluding hydrogens is 293 g/mol. The van der Waals surface area contributed by atoms with Crippen LogP contribution in [0, 0.1) is 5.82 Å². The molecule has 0 aliphatic carbocycles. The number of nitrogens with one attached hydrogen (secondary N) is 1. The molecule has 0 atom stereocenters. The van der Waals surface area contributed by atoms with Gasteiger partial charge in [-0.3, -0.25) is 0 Å². The third kappa shape index (κ3) is 5.04. The van der Waals surface area contributed by atoms with Gasteiger partial charge in [-0.05, 0) is 23.8 Å². The molecule has 0 amide bonds. The fourth-order valence-electron chi connectivity index (χ4n) is 1.85. The minimum Gasteiger partial charge on any atom is -0.383 e. The number of halogens is 2. The molecule has 1 N–H and O–H groups in total. The van der Waals surface area contributed by atoms with Crippen molar-refractivity contribution in [1.29, 1.82) is 0 Å². The maximum absolute atomic E-state index is 13.0. The first-order chi connectivity index (χ1) is 10.2. The molecule has 4 nitrogen and oxygen atoms in total. The van der Waals surface area contributed by atoms with Crippen LogP contribution in [-0.4, -0.2) is 30.2 Å². The molecule has 0 aliphatic rings. The SMILES string of the molecule is COCCNCc1ccnc(Cc2ccc(F)cc2Cl)n1. The first-order valence-electron chi connectivity index (χ1n) is 6.63. The molecule has 0 radical (unpaired) electrons. The number of hydrogen-bond donors (Lipinski definition) is 1. The van der Waals surface area contributed by atoms with Crippen LogP contribution < -0.4 is 5.32 Å². The quantitative estimate of drug-likeness (QED) is 0.799. The highest BCUT2D eigenvalue weighted by molar-refractivity contribution is 6.31. The molecule has 21 heavy (non-hydrogen) atoms. The van der Waals surface area contributed by atoms with Gasteiger partial charge in [-0.15, -0.1) is 0 Å². The van der Waals surface area contributed by atoms with E-state index in [1.807, 2.05) is 6.07 Å². The van der Waals surface area contributed by atoms with E-state index in [1.54, 1.807) is 19.4 Å². The number of rotatable bonds is 7. The Bertz CT molecular complexity index is 595. The van der Waals surface area contributed by atoms with Crippen molar-refractivity contribution in [3.8, 4) is 0 Å². The van der Waals surface area contributed by atoms with Crippen molar-refractivity contribution in [3.63, 3.8) is 0 Å². The van der Waals surface area contributed by atoms with Crippen LogP contribution in [0.15, 0.2) is 30.5 Å². The Labute approximate surface area is 128 Å². The molecule has 1 aromatic heterocycles. The van der Waals surface area contributed by atoms with Gasteiger partial charge in [0.2, 0.25) is 0 Å². The van der Waals surface area contributed by atoms with E-state index in [9.17, 15) is 4.39 Å². The van der Waals surface area contributed by atoms with Gasteiger partial charge in [-0.1, -0.05) is 17.7 Å². The van der Waals surface area contributed by atoms with Crippen molar-refractivity contribution < 1.29 is 9.13 Å². The third-order valence-corrected chi connectivity index (χ3v) is 3.27. The van der Waals surface area contributed by atoms with Gasteiger partial charge in [0.25, 0.3) is 0 Å². The smallest absolute Gasteiger partial charge is 0.133 e. The van der Waals surface area contributed by atoms with Crippen molar-refractivity contribution in [2.45, 2.75) is 13.0 Å². The molecule has 1 heterocycles. The number of ether oxygens (including phenoxy) is 1. The second kappa shape index (κ2) is 8.02. The van der Waals surface area contributed by atoms with E-state index in [-0.39, 0.29) is 5.82 Å². The van der Waals surface area contributed by atoms with Crippen LogP contribution in [0.4, 0.5) is 4.39 Å². The molecule has 1 aromatic carbocycles. The summed E-state index contributed by atoms with van der Waals surface area (Å²) in [7, 11) is 1.66. The topological polar surface area (TPSA) is 47.0 Å². The molecule has 0 spiro atoms. The van der Waals surface area contributed by atoms with E-state index in [2.05, 4.69) is 15.3 Å². The zero-order valence-corrected chi connectivity index (χ0v) is 12.5. The van der Waals surface area contributed by atoms with E-state index >= 15 is 0 Å². The first kappa shape index (κ1) is 15.8. The standard InChI is InChI=1S/C15H17ClFN3O/c1-21-7-6-18-10-13-4-5-19-15(20-13)8-11-2-3-12(17)9-14(11)16/h2-5,9,18H,6-8,10H2,1H3. The van der Waals surface area contributed by atoms with Gasteiger partial charge >= 0.3 is 0 Å². The lowest BCUT2D eigenvalue weighted by molar-refractivity contribution is 0.199. The zero-order valence-electron chi connectivity index (χ0n) is 11.8. The molecule has 2 rings (SSSR count). The van der Waals surface area contributed by atoms with Gasteiger partial charge in [-0.2, -0.15) is 0 Å². The Balaban J connectivity index is 2.00. The number of methoxy groups -OCH3 is 1. The van der Waals surface area contributed by atoms with Crippen LogP contribution in [-0.2, 0) is 17.7 Å². The predicted molar refractivity (Wildman–Crippen MR) is 79.8 cm³/mol. The highest BCUT2D eigenvalue weighted by Gasteiger charge is 2.06. The highest BCUT2D eigenvalue weighted by atomic mass is 35.5. The van der Waals surface area contributed by atoms with E-state index in [0.29, 0.717) is 30.4 Å². The van der Waals surface area contributed by atoms with Gasteiger partial charge in [0.1, 0.15) is 11.6 Å². The Morgan fingerprint density at radius 2 is 2.19 bits per heavy atom. The fraction of sp³-hybridized carbons (Fsp3) is 0.333. The van der Waals surface area contributed by atoms with Crippen LogP contribution in [0.3, 0.4) is 0 Å². The molecule has 0 fully saturated rings. The normalized spacial score (nSPS) is 10.8. The van der Waals surface area contributed by atoms with E-state index in [0.717, 1.165) is 17.8 Å². The third-order valence-electron chi connectivity index (χ3n) is 2.92. The van der Waals surface area contributed by atoms with Crippen molar-refractivity contribution in [2.24, 2.45) is 0 Å². The summed E-state index contributed by atoms with van der Waals surface area (Å²) in [5.41, 5.74) is 1.71. The van der Waals surface area contributed by atoms with Gasteiger partial charge in [0.05, 0.1) is 12.3 Å². The summed E-state index contributed by atoms with van der Waals surface area (Å²) in [4.78, 5) is 8.69. The maximum atomic E-state index is 13.0. The Kier molecular flexibility index (Phi) is 6.04. The van der Waals surface area contributed by atoms with Crippen LogP contribution in [0.2, 0.25) is 5.02 Å². The zero-order chi connectivity index (χ0) is 15.1. The second-order valence-corrected chi connectivity index (χ2v) is 4.95. The molecule has 2 aromatic rings. The van der Waals surface area contributed by atoms with Crippen LogP contribution in [0.25, 0.3) is 0 Å². The average molecular weight is 310 g/mol. The van der Waals surface area contributed by atoms with Gasteiger partial charge < -0.3 is 10.1 Å². The second-order valence-electron chi connectivity index (χ2n) is 4.55. The largest absolute Gasteiger partial charge is 0.383 e.